The molecule has 0 N–H and O–H groups in total. The molecule has 0 aliphatic carbocycles. The normalized spacial score (nSPS) is 11.2. The third-order valence-corrected chi connectivity index (χ3v) is 3.66. The molecule has 0 radical (unpaired) electrons. The van der Waals surface area contributed by atoms with Gasteiger partial charge >= 0.3 is 0 Å². The third kappa shape index (κ3) is 2.23. The van der Waals surface area contributed by atoms with Gasteiger partial charge in [0.25, 0.3) is 5.56 Å². The van der Waals surface area contributed by atoms with Crippen molar-refractivity contribution in [2.24, 2.45) is 7.05 Å². The molecule has 21 heavy (non-hydrogen) atoms. The van der Waals surface area contributed by atoms with Crippen molar-refractivity contribution in [3.63, 3.8) is 0 Å². The minimum Gasteiger partial charge on any atom is -0.273 e. The maximum absolute atomic E-state index is 12.8. The van der Waals surface area contributed by atoms with Gasteiger partial charge in [0.05, 0.1) is 28.2 Å². The van der Waals surface area contributed by atoms with Crippen molar-refractivity contribution < 1.29 is 0 Å². The minimum atomic E-state index is -0.112. The fourth-order valence-electron chi connectivity index (χ4n) is 2.48. The number of fused-ring (bicyclic) bond motifs is 1. The molecular formula is C15H15ClN4O. The van der Waals surface area contributed by atoms with E-state index in [2.05, 4.69) is 10.1 Å². The van der Waals surface area contributed by atoms with E-state index in [1.54, 1.807) is 15.3 Å². The maximum Gasteiger partial charge on any atom is 0.266 e. The number of nitrogens with zero attached hydrogens (tertiary/aromatic N) is 4. The molecule has 2 heterocycles. The lowest BCUT2D eigenvalue weighted by molar-refractivity contribution is 0.746. The number of para-hydroxylation sites is 1. The van der Waals surface area contributed by atoms with Crippen LogP contribution in [0.4, 0.5) is 0 Å². The van der Waals surface area contributed by atoms with Crippen LogP contribution in [0.25, 0.3) is 16.6 Å². The van der Waals surface area contributed by atoms with E-state index >= 15 is 0 Å². The molecule has 2 aromatic heterocycles. The first-order valence-corrected chi connectivity index (χ1v) is 7.28. The second-order valence-corrected chi connectivity index (χ2v) is 5.07. The average Bonchev–Trinajstić information content (AvgIpc) is 2.87. The Morgan fingerprint density at radius 3 is 2.76 bits per heavy atom. The monoisotopic (exact) mass is 302 g/mol. The van der Waals surface area contributed by atoms with E-state index < -0.39 is 0 Å². The van der Waals surface area contributed by atoms with Crippen LogP contribution in [0.2, 0.25) is 0 Å². The number of halogens is 1. The number of benzene rings is 1. The smallest absolute Gasteiger partial charge is 0.266 e. The summed E-state index contributed by atoms with van der Waals surface area (Å²) in [4.78, 5) is 17.3. The summed E-state index contributed by atoms with van der Waals surface area (Å²) in [6.45, 7) is 2.01. The molecule has 0 unspecified atom stereocenters. The van der Waals surface area contributed by atoms with Crippen LogP contribution in [0.1, 0.15) is 18.4 Å². The molecular weight excluding hydrogens is 288 g/mol. The van der Waals surface area contributed by atoms with Gasteiger partial charge in [-0.05, 0) is 18.6 Å². The second kappa shape index (κ2) is 5.33. The zero-order chi connectivity index (χ0) is 15.0. The zero-order valence-corrected chi connectivity index (χ0v) is 12.6. The lowest BCUT2D eigenvalue weighted by Crippen LogP contribution is -2.23. The van der Waals surface area contributed by atoms with E-state index in [-0.39, 0.29) is 11.4 Å². The highest BCUT2D eigenvalue weighted by atomic mass is 35.5. The Morgan fingerprint density at radius 1 is 1.29 bits per heavy atom. The predicted molar refractivity (Wildman–Crippen MR) is 83.0 cm³/mol. The van der Waals surface area contributed by atoms with Gasteiger partial charge in [0.2, 0.25) is 0 Å². The summed E-state index contributed by atoms with van der Waals surface area (Å²) in [6.07, 6.45) is 2.56. The molecule has 5 nitrogen and oxygen atoms in total. The Labute approximate surface area is 126 Å². The molecule has 0 amide bonds. The molecule has 0 aliphatic heterocycles. The number of hydrogen-bond donors (Lipinski definition) is 0. The molecule has 3 rings (SSSR count). The van der Waals surface area contributed by atoms with Crippen LogP contribution in [0.15, 0.2) is 35.3 Å². The number of aryl methyl sites for hydroxylation is 2. The average molecular weight is 303 g/mol. The van der Waals surface area contributed by atoms with Crippen molar-refractivity contribution in [1.29, 1.82) is 0 Å². The molecule has 3 aromatic rings. The van der Waals surface area contributed by atoms with Gasteiger partial charge in [-0.2, -0.15) is 5.10 Å². The minimum absolute atomic E-state index is 0.112. The Morgan fingerprint density at radius 2 is 2.05 bits per heavy atom. The summed E-state index contributed by atoms with van der Waals surface area (Å²) in [6, 6.07) is 7.29. The molecule has 0 aliphatic rings. The van der Waals surface area contributed by atoms with E-state index in [1.807, 2.05) is 38.4 Å². The van der Waals surface area contributed by atoms with Crippen LogP contribution in [0, 0.1) is 0 Å². The van der Waals surface area contributed by atoms with E-state index in [9.17, 15) is 4.79 Å². The third-order valence-electron chi connectivity index (χ3n) is 3.42. The molecule has 108 valence electrons. The Balaban J connectivity index is 2.40. The molecule has 0 saturated carbocycles. The second-order valence-electron chi connectivity index (χ2n) is 4.81. The fraction of sp³-hybridized carbons (Fsp3) is 0.267. The summed E-state index contributed by atoms with van der Waals surface area (Å²) in [7, 11) is 1.84. The van der Waals surface area contributed by atoms with Gasteiger partial charge in [0.15, 0.2) is 0 Å². The SMILES string of the molecule is CCc1nn(C)cc1-n1c(CCl)nc2ccccc2c1=O. The summed E-state index contributed by atoms with van der Waals surface area (Å²) in [5.74, 6) is 0.695. The van der Waals surface area contributed by atoms with Gasteiger partial charge in [-0.3, -0.25) is 14.0 Å². The van der Waals surface area contributed by atoms with Gasteiger partial charge in [-0.25, -0.2) is 4.98 Å². The summed E-state index contributed by atoms with van der Waals surface area (Å²) in [5, 5.41) is 4.97. The fourth-order valence-corrected chi connectivity index (χ4v) is 2.66. The van der Waals surface area contributed by atoms with E-state index in [1.165, 1.54) is 0 Å². The Kier molecular flexibility index (Phi) is 3.51. The molecule has 0 fully saturated rings. The quantitative estimate of drug-likeness (QED) is 0.698. The molecule has 6 heteroatoms. The number of aromatic nitrogens is 4. The summed E-state index contributed by atoms with van der Waals surface area (Å²) < 4.78 is 3.27. The Bertz CT molecular complexity index is 866. The molecule has 0 atom stereocenters. The topological polar surface area (TPSA) is 52.7 Å². The van der Waals surface area contributed by atoms with Crippen molar-refractivity contribution >= 4 is 22.5 Å². The number of rotatable bonds is 3. The van der Waals surface area contributed by atoms with Crippen LogP contribution in [0.5, 0.6) is 0 Å². The molecule has 1 aromatic carbocycles. The Hall–Kier alpha value is -2.14. The van der Waals surface area contributed by atoms with Crippen molar-refractivity contribution in [1.82, 2.24) is 19.3 Å². The van der Waals surface area contributed by atoms with Crippen LogP contribution < -0.4 is 5.56 Å². The standard InChI is InChI=1S/C15H15ClN4O/c1-3-11-13(9-19(2)18-11)20-14(8-16)17-12-7-5-4-6-10(12)15(20)21/h4-7,9H,3,8H2,1-2H3. The first-order chi connectivity index (χ1) is 10.2. The van der Waals surface area contributed by atoms with Crippen LogP contribution in [-0.2, 0) is 19.3 Å². The maximum atomic E-state index is 12.8. The highest BCUT2D eigenvalue weighted by Crippen LogP contribution is 2.17. The molecule has 0 spiro atoms. The van der Waals surface area contributed by atoms with Gasteiger partial charge < -0.3 is 0 Å². The predicted octanol–water partition coefficient (Wildman–Crippen LogP) is 2.42. The van der Waals surface area contributed by atoms with E-state index in [0.717, 1.165) is 17.8 Å². The largest absolute Gasteiger partial charge is 0.273 e. The van der Waals surface area contributed by atoms with Gasteiger partial charge in [0, 0.05) is 13.2 Å². The number of alkyl halides is 1. The first-order valence-electron chi connectivity index (χ1n) is 6.75. The highest BCUT2D eigenvalue weighted by molar-refractivity contribution is 6.16. The number of hydrogen-bond acceptors (Lipinski definition) is 3. The molecule has 0 bridgehead atoms. The van der Waals surface area contributed by atoms with Crippen molar-refractivity contribution in [2.75, 3.05) is 0 Å². The first kappa shape index (κ1) is 13.8. The van der Waals surface area contributed by atoms with E-state index in [0.29, 0.717) is 16.7 Å². The van der Waals surface area contributed by atoms with Gasteiger partial charge in [0.1, 0.15) is 5.82 Å². The lowest BCUT2D eigenvalue weighted by atomic mass is 10.2. The highest BCUT2D eigenvalue weighted by Gasteiger charge is 2.16. The van der Waals surface area contributed by atoms with Gasteiger partial charge in [-0.15, -0.1) is 11.6 Å². The summed E-state index contributed by atoms with van der Waals surface area (Å²) >= 11 is 6.01. The zero-order valence-electron chi connectivity index (χ0n) is 11.9. The van der Waals surface area contributed by atoms with E-state index in [4.69, 9.17) is 11.6 Å². The van der Waals surface area contributed by atoms with Gasteiger partial charge in [-0.1, -0.05) is 19.1 Å². The summed E-state index contributed by atoms with van der Waals surface area (Å²) in [5.41, 5.74) is 2.15. The molecule has 0 saturated heterocycles. The van der Waals surface area contributed by atoms with Crippen LogP contribution in [-0.4, -0.2) is 19.3 Å². The van der Waals surface area contributed by atoms with Crippen molar-refractivity contribution in [3.8, 4) is 5.69 Å². The van der Waals surface area contributed by atoms with Crippen LogP contribution >= 0.6 is 11.6 Å². The lowest BCUT2D eigenvalue weighted by Gasteiger charge is -2.11. The van der Waals surface area contributed by atoms with Crippen molar-refractivity contribution in [3.05, 3.63) is 52.3 Å². The van der Waals surface area contributed by atoms with Crippen molar-refractivity contribution in [2.45, 2.75) is 19.2 Å². The van der Waals surface area contributed by atoms with Crippen LogP contribution in [0.3, 0.4) is 0 Å².